The lowest BCUT2D eigenvalue weighted by Crippen LogP contribution is -2.30. The highest BCUT2D eigenvalue weighted by molar-refractivity contribution is 5.94. The van der Waals surface area contributed by atoms with Gasteiger partial charge in [0.1, 0.15) is 0 Å². The summed E-state index contributed by atoms with van der Waals surface area (Å²) in [6, 6.07) is 12.0. The van der Waals surface area contributed by atoms with E-state index >= 15 is 0 Å². The smallest absolute Gasteiger partial charge is 0.254 e. The highest BCUT2D eigenvalue weighted by Gasteiger charge is 2.18. The number of nitrogens with one attached hydrogen (secondary N) is 1. The molecule has 136 valence electrons. The lowest BCUT2D eigenvalue weighted by Gasteiger charge is -2.21. The lowest BCUT2D eigenvalue weighted by atomic mass is 9.97. The maximum Gasteiger partial charge on any atom is 0.254 e. The van der Waals surface area contributed by atoms with Crippen molar-refractivity contribution in [2.75, 3.05) is 19.6 Å². The van der Waals surface area contributed by atoms with Gasteiger partial charge in [-0.15, -0.1) is 24.8 Å². The highest BCUT2D eigenvalue weighted by atomic mass is 35.5. The Morgan fingerprint density at radius 1 is 1.16 bits per heavy atom. The Bertz CT molecular complexity index is 643. The van der Waals surface area contributed by atoms with Crippen molar-refractivity contribution in [2.24, 2.45) is 0 Å². The van der Waals surface area contributed by atoms with Crippen molar-refractivity contribution < 1.29 is 4.79 Å². The summed E-state index contributed by atoms with van der Waals surface area (Å²) in [5.41, 5.74) is 3.18. The molecule has 0 saturated carbocycles. The monoisotopic (exact) mass is 381 g/mol. The molecule has 2 heterocycles. The largest absolute Gasteiger partial charge is 0.335 e. The molecule has 1 unspecified atom stereocenters. The Hall–Kier alpha value is -1.62. The van der Waals surface area contributed by atoms with Crippen LogP contribution in [0, 0.1) is 0 Å². The molecule has 1 saturated heterocycles. The van der Waals surface area contributed by atoms with E-state index in [-0.39, 0.29) is 30.7 Å². The normalized spacial score (nSPS) is 15.8. The van der Waals surface area contributed by atoms with Crippen molar-refractivity contribution in [2.45, 2.75) is 25.8 Å². The molecule has 0 spiro atoms. The van der Waals surface area contributed by atoms with Crippen LogP contribution in [0.3, 0.4) is 0 Å². The predicted molar refractivity (Wildman–Crippen MR) is 106 cm³/mol. The zero-order valence-corrected chi connectivity index (χ0v) is 16.0. The maximum atomic E-state index is 12.7. The van der Waals surface area contributed by atoms with Crippen molar-refractivity contribution >= 4 is 30.7 Å². The number of amides is 1. The zero-order chi connectivity index (χ0) is 16.1. The fourth-order valence-corrected chi connectivity index (χ4v) is 3.06. The SMILES string of the molecule is CCN(Cc1ccncc1)C(=O)c1ccc(C2CCNC2)cc1.Cl.Cl. The van der Waals surface area contributed by atoms with Gasteiger partial charge < -0.3 is 10.2 Å². The Balaban J connectivity index is 0.00000156. The van der Waals surface area contributed by atoms with Crippen molar-refractivity contribution in [3.8, 4) is 0 Å². The molecule has 1 atom stereocenters. The molecule has 2 aromatic rings. The highest BCUT2D eigenvalue weighted by Crippen LogP contribution is 2.23. The van der Waals surface area contributed by atoms with E-state index in [2.05, 4.69) is 22.4 Å². The number of rotatable bonds is 5. The lowest BCUT2D eigenvalue weighted by molar-refractivity contribution is 0.0752. The summed E-state index contributed by atoms with van der Waals surface area (Å²) >= 11 is 0. The first-order valence-corrected chi connectivity index (χ1v) is 8.26. The third kappa shape index (κ3) is 5.43. The number of benzene rings is 1. The molecule has 0 aliphatic carbocycles. The summed E-state index contributed by atoms with van der Waals surface area (Å²) in [6.07, 6.45) is 4.70. The zero-order valence-electron chi connectivity index (χ0n) is 14.4. The molecule has 1 aliphatic rings. The van der Waals surface area contributed by atoms with Gasteiger partial charge in [-0.25, -0.2) is 0 Å². The standard InChI is InChI=1S/C19H23N3O.2ClH/c1-2-22(14-15-7-10-20-11-8-15)19(23)17-5-3-16(4-6-17)18-9-12-21-13-18;;/h3-8,10-11,18,21H,2,9,12-14H2,1H3;2*1H. The number of carbonyl (C=O) groups is 1. The molecule has 25 heavy (non-hydrogen) atoms. The van der Waals surface area contributed by atoms with Crippen LogP contribution in [-0.2, 0) is 6.54 Å². The van der Waals surface area contributed by atoms with Crippen LogP contribution in [0.4, 0.5) is 0 Å². The topological polar surface area (TPSA) is 45.2 Å². The molecule has 6 heteroatoms. The number of aromatic nitrogens is 1. The molecule has 0 radical (unpaired) electrons. The average molecular weight is 382 g/mol. The number of nitrogens with zero attached hydrogens (tertiary/aromatic N) is 2. The number of halogens is 2. The minimum absolute atomic E-state index is 0. The second-order valence-electron chi connectivity index (χ2n) is 5.99. The second kappa shape index (κ2) is 10.4. The van der Waals surface area contributed by atoms with E-state index in [4.69, 9.17) is 0 Å². The number of carbonyl (C=O) groups excluding carboxylic acids is 1. The van der Waals surface area contributed by atoms with E-state index in [0.29, 0.717) is 19.0 Å². The van der Waals surface area contributed by atoms with E-state index in [1.807, 2.05) is 36.1 Å². The van der Waals surface area contributed by atoms with Gasteiger partial charge in [-0.2, -0.15) is 0 Å². The first kappa shape index (κ1) is 21.4. The predicted octanol–water partition coefficient (Wildman–Crippen LogP) is 3.66. The van der Waals surface area contributed by atoms with Crippen LogP contribution < -0.4 is 5.32 Å². The third-order valence-electron chi connectivity index (χ3n) is 4.48. The van der Waals surface area contributed by atoms with Crippen molar-refractivity contribution in [3.05, 3.63) is 65.5 Å². The van der Waals surface area contributed by atoms with E-state index in [1.54, 1.807) is 12.4 Å². The summed E-state index contributed by atoms with van der Waals surface area (Å²) in [5.74, 6) is 0.665. The van der Waals surface area contributed by atoms with Crippen LogP contribution in [0.5, 0.6) is 0 Å². The van der Waals surface area contributed by atoms with E-state index in [0.717, 1.165) is 24.2 Å². The molecular formula is C19H25Cl2N3O. The first-order chi connectivity index (χ1) is 11.3. The van der Waals surface area contributed by atoms with E-state index < -0.39 is 0 Å². The molecule has 3 rings (SSSR count). The van der Waals surface area contributed by atoms with Crippen molar-refractivity contribution in [3.63, 3.8) is 0 Å². The van der Waals surface area contributed by atoms with Crippen LogP contribution >= 0.6 is 24.8 Å². The molecule has 1 N–H and O–H groups in total. The van der Waals surface area contributed by atoms with Crippen LogP contribution in [0.1, 0.15) is 40.7 Å². The van der Waals surface area contributed by atoms with Gasteiger partial charge in [0, 0.05) is 37.6 Å². The Morgan fingerprint density at radius 2 is 1.84 bits per heavy atom. The molecule has 4 nitrogen and oxygen atoms in total. The minimum atomic E-state index is 0. The summed E-state index contributed by atoms with van der Waals surface area (Å²) in [6.45, 7) is 5.44. The first-order valence-electron chi connectivity index (χ1n) is 8.26. The van der Waals surface area contributed by atoms with Gasteiger partial charge in [0.15, 0.2) is 0 Å². The van der Waals surface area contributed by atoms with Crippen LogP contribution in [0.25, 0.3) is 0 Å². The molecular weight excluding hydrogens is 357 g/mol. The quantitative estimate of drug-likeness (QED) is 0.859. The molecule has 1 aromatic heterocycles. The van der Waals surface area contributed by atoms with Crippen LogP contribution in [0.2, 0.25) is 0 Å². The van der Waals surface area contributed by atoms with Gasteiger partial charge in [-0.05, 0) is 61.2 Å². The number of hydrogen-bond acceptors (Lipinski definition) is 3. The maximum absolute atomic E-state index is 12.7. The molecule has 0 bridgehead atoms. The average Bonchev–Trinajstić information content (AvgIpc) is 3.15. The van der Waals surface area contributed by atoms with E-state index in [1.165, 1.54) is 12.0 Å². The van der Waals surface area contributed by atoms with Gasteiger partial charge in [-0.1, -0.05) is 12.1 Å². The van der Waals surface area contributed by atoms with Crippen LogP contribution in [0.15, 0.2) is 48.8 Å². The van der Waals surface area contributed by atoms with Crippen molar-refractivity contribution in [1.29, 1.82) is 0 Å². The van der Waals surface area contributed by atoms with E-state index in [9.17, 15) is 4.79 Å². The summed E-state index contributed by atoms with van der Waals surface area (Å²) < 4.78 is 0. The van der Waals surface area contributed by atoms with Gasteiger partial charge in [-0.3, -0.25) is 9.78 Å². The fraction of sp³-hybridized carbons (Fsp3) is 0.368. The number of pyridine rings is 1. The van der Waals surface area contributed by atoms with Gasteiger partial charge >= 0.3 is 0 Å². The van der Waals surface area contributed by atoms with Crippen LogP contribution in [-0.4, -0.2) is 35.4 Å². The summed E-state index contributed by atoms with van der Waals surface area (Å²) in [4.78, 5) is 18.6. The van der Waals surface area contributed by atoms with Gasteiger partial charge in [0.05, 0.1) is 0 Å². The Morgan fingerprint density at radius 3 is 2.40 bits per heavy atom. The third-order valence-corrected chi connectivity index (χ3v) is 4.48. The Labute approximate surface area is 161 Å². The minimum Gasteiger partial charge on any atom is -0.335 e. The van der Waals surface area contributed by atoms with Gasteiger partial charge in [0.2, 0.25) is 0 Å². The second-order valence-corrected chi connectivity index (χ2v) is 5.99. The molecule has 1 fully saturated rings. The fourth-order valence-electron chi connectivity index (χ4n) is 3.06. The van der Waals surface area contributed by atoms with Gasteiger partial charge in [0.25, 0.3) is 5.91 Å². The summed E-state index contributed by atoms with van der Waals surface area (Å²) in [7, 11) is 0. The summed E-state index contributed by atoms with van der Waals surface area (Å²) in [5, 5.41) is 3.38. The molecule has 1 amide bonds. The number of hydrogen-bond donors (Lipinski definition) is 1. The molecule has 1 aliphatic heterocycles. The van der Waals surface area contributed by atoms with Crippen molar-refractivity contribution in [1.82, 2.24) is 15.2 Å². The Kier molecular flexibility index (Phi) is 8.90. The molecule has 1 aromatic carbocycles.